The summed E-state index contributed by atoms with van der Waals surface area (Å²) in [6, 6.07) is 7.44. The van der Waals surface area contributed by atoms with Crippen molar-refractivity contribution in [1.29, 1.82) is 0 Å². The number of rotatable bonds is 3. The average Bonchev–Trinajstić information content (AvgIpc) is 2.45. The minimum Gasteiger partial charge on any atom is -0.477 e. The summed E-state index contributed by atoms with van der Waals surface area (Å²) >= 11 is 0. The summed E-state index contributed by atoms with van der Waals surface area (Å²) in [6.45, 7) is 0. The van der Waals surface area contributed by atoms with E-state index in [1.165, 1.54) is 18.2 Å². The highest BCUT2D eigenvalue weighted by Gasteiger charge is 2.33. The highest BCUT2D eigenvalue weighted by molar-refractivity contribution is 5.93. The number of halogens is 3. The van der Waals surface area contributed by atoms with E-state index in [0.717, 1.165) is 24.3 Å². The van der Waals surface area contributed by atoms with Gasteiger partial charge in [0.1, 0.15) is 5.56 Å². The summed E-state index contributed by atoms with van der Waals surface area (Å²) in [5, 5.41) is 19.8. The van der Waals surface area contributed by atoms with Crippen molar-refractivity contribution in [2.75, 3.05) is 0 Å². The molecule has 0 aliphatic carbocycles. The standard InChI is InChI=1S/C14H8F3NO4/c15-14(16,17)11-4-2-1-3-9(11)8-5-6-10(13(19)20)12(7-8)18(21)22/h1-7H,(H,19,20). The topological polar surface area (TPSA) is 80.4 Å². The Morgan fingerprint density at radius 3 is 2.32 bits per heavy atom. The molecule has 2 aromatic carbocycles. The van der Waals surface area contributed by atoms with Crippen LogP contribution in [0, 0.1) is 10.1 Å². The number of hydrogen-bond acceptors (Lipinski definition) is 3. The molecule has 0 spiro atoms. The molecule has 0 fully saturated rings. The molecule has 8 heteroatoms. The van der Waals surface area contributed by atoms with Crippen LogP contribution in [-0.4, -0.2) is 16.0 Å². The lowest BCUT2D eigenvalue weighted by Crippen LogP contribution is -2.07. The molecule has 0 atom stereocenters. The van der Waals surface area contributed by atoms with Gasteiger partial charge in [-0.25, -0.2) is 4.79 Å². The lowest BCUT2D eigenvalue weighted by atomic mass is 9.97. The van der Waals surface area contributed by atoms with Crippen LogP contribution in [0.4, 0.5) is 18.9 Å². The second kappa shape index (κ2) is 5.47. The van der Waals surface area contributed by atoms with Crippen molar-refractivity contribution in [3.8, 4) is 11.1 Å². The Bertz CT molecular complexity index is 756. The summed E-state index contributed by atoms with van der Waals surface area (Å²) in [5.41, 5.74) is -2.63. The van der Waals surface area contributed by atoms with E-state index in [0.29, 0.717) is 0 Å². The van der Waals surface area contributed by atoms with Gasteiger partial charge in [-0.1, -0.05) is 24.3 Å². The molecule has 2 aromatic rings. The van der Waals surface area contributed by atoms with E-state index in [2.05, 4.69) is 0 Å². The molecule has 114 valence electrons. The Morgan fingerprint density at radius 1 is 1.14 bits per heavy atom. The molecule has 0 aliphatic heterocycles. The van der Waals surface area contributed by atoms with E-state index >= 15 is 0 Å². The predicted molar refractivity (Wildman–Crippen MR) is 70.5 cm³/mol. The largest absolute Gasteiger partial charge is 0.477 e. The average molecular weight is 311 g/mol. The van der Waals surface area contributed by atoms with Crippen molar-refractivity contribution in [2.45, 2.75) is 6.18 Å². The Morgan fingerprint density at radius 2 is 1.77 bits per heavy atom. The smallest absolute Gasteiger partial charge is 0.417 e. The molecule has 0 saturated heterocycles. The third-order valence-electron chi connectivity index (χ3n) is 2.97. The number of aromatic carboxylic acids is 1. The van der Waals surface area contributed by atoms with Crippen LogP contribution in [0.2, 0.25) is 0 Å². The minimum atomic E-state index is -4.63. The van der Waals surface area contributed by atoms with E-state index in [1.54, 1.807) is 0 Å². The van der Waals surface area contributed by atoms with Gasteiger partial charge in [0.2, 0.25) is 0 Å². The van der Waals surface area contributed by atoms with Gasteiger partial charge in [0.25, 0.3) is 5.69 Å². The molecular weight excluding hydrogens is 303 g/mol. The Balaban J connectivity index is 2.68. The molecule has 0 bridgehead atoms. The maximum atomic E-state index is 13.0. The monoisotopic (exact) mass is 311 g/mol. The van der Waals surface area contributed by atoms with Crippen molar-refractivity contribution in [1.82, 2.24) is 0 Å². The van der Waals surface area contributed by atoms with Crippen molar-refractivity contribution in [3.63, 3.8) is 0 Å². The normalized spacial score (nSPS) is 11.2. The molecule has 1 N–H and O–H groups in total. The van der Waals surface area contributed by atoms with Gasteiger partial charge in [0.15, 0.2) is 0 Å². The van der Waals surface area contributed by atoms with E-state index in [-0.39, 0.29) is 11.1 Å². The molecule has 22 heavy (non-hydrogen) atoms. The van der Waals surface area contributed by atoms with Crippen molar-refractivity contribution < 1.29 is 28.0 Å². The Hall–Kier alpha value is -2.90. The summed E-state index contributed by atoms with van der Waals surface area (Å²) < 4.78 is 38.9. The van der Waals surface area contributed by atoms with Gasteiger partial charge in [-0.3, -0.25) is 10.1 Å². The highest BCUT2D eigenvalue weighted by atomic mass is 19.4. The number of carboxylic acid groups (broad SMARTS) is 1. The molecule has 0 saturated carbocycles. The predicted octanol–water partition coefficient (Wildman–Crippen LogP) is 3.98. The number of carbonyl (C=O) groups is 1. The van der Waals surface area contributed by atoms with Crippen LogP contribution >= 0.6 is 0 Å². The molecule has 0 radical (unpaired) electrons. The van der Waals surface area contributed by atoms with Crippen molar-refractivity contribution in [2.24, 2.45) is 0 Å². The Labute approximate surface area is 121 Å². The van der Waals surface area contributed by atoms with E-state index in [4.69, 9.17) is 5.11 Å². The second-order valence-corrected chi connectivity index (χ2v) is 4.34. The lowest BCUT2D eigenvalue weighted by molar-refractivity contribution is -0.385. The third kappa shape index (κ3) is 2.90. The number of alkyl halides is 3. The zero-order valence-electron chi connectivity index (χ0n) is 10.8. The fraction of sp³-hybridized carbons (Fsp3) is 0.0714. The molecule has 0 unspecified atom stereocenters. The van der Waals surface area contributed by atoms with Crippen LogP contribution in [-0.2, 0) is 6.18 Å². The number of carboxylic acids is 1. The van der Waals surface area contributed by atoms with Gasteiger partial charge in [-0.15, -0.1) is 0 Å². The summed E-state index contributed by atoms with van der Waals surface area (Å²) in [6.07, 6.45) is -4.63. The first-order valence-electron chi connectivity index (χ1n) is 5.90. The molecule has 0 amide bonds. The van der Waals surface area contributed by atoms with Crippen LogP contribution in [0.3, 0.4) is 0 Å². The van der Waals surface area contributed by atoms with Gasteiger partial charge in [0.05, 0.1) is 10.5 Å². The van der Waals surface area contributed by atoms with Crippen LogP contribution in [0.1, 0.15) is 15.9 Å². The van der Waals surface area contributed by atoms with Crippen molar-refractivity contribution >= 4 is 11.7 Å². The first-order valence-corrected chi connectivity index (χ1v) is 5.90. The van der Waals surface area contributed by atoms with Crippen molar-refractivity contribution in [3.05, 3.63) is 63.7 Å². The third-order valence-corrected chi connectivity index (χ3v) is 2.97. The number of nitro groups is 1. The van der Waals surface area contributed by atoms with E-state index in [1.807, 2.05) is 0 Å². The molecule has 2 rings (SSSR count). The molecular formula is C14H8F3NO4. The van der Waals surface area contributed by atoms with Crippen LogP contribution in [0.25, 0.3) is 11.1 Å². The SMILES string of the molecule is O=C(O)c1ccc(-c2ccccc2C(F)(F)F)cc1[N+](=O)[O-]. The molecule has 5 nitrogen and oxygen atoms in total. The van der Waals surface area contributed by atoms with Gasteiger partial charge < -0.3 is 5.11 Å². The molecule has 0 heterocycles. The fourth-order valence-electron chi connectivity index (χ4n) is 2.01. The molecule has 0 aliphatic rings. The number of nitro benzene ring substituents is 1. The van der Waals surface area contributed by atoms with Gasteiger partial charge in [-0.2, -0.15) is 13.2 Å². The number of hydrogen-bond donors (Lipinski definition) is 1. The zero-order chi connectivity index (χ0) is 16.5. The highest BCUT2D eigenvalue weighted by Crippen LogP contribution is 2.38. The summed E-state index contributed by atoms with van der Waals surface area (Å²) in [7, 11) is 0. The van der Waals surface area contributed by atoms with Gasteiger partial charge in [-0.05, 0) is 23.3 Å². The van der Waals surface area contributed by atoms with E-state index < -0.39 is 33.9 Å². The van der Waals surface area contributed by atoms with Crippen LogP contribution in [0.5, 0.6) is 0 Å². The summed E-state index contributed by atoms with van der Waals surface area (Å²) in [4.78, 5) is 20.9. The van der Waals surface area contributed by atoms with E-state index in [9.17, 15) is 28.1 Å². The maximum Gasteiger partial charge on any atom is 0.417 e. The zero-order valence-corrected chi connectivity index (χ0v) is 10.8. The number of benzene rings is 2. The fourth-order valence-corrected chi connectivity index (χ4v) is 2.01. The first-order chi connectivity index (χ1) is 10.2. The van der Waals surface area contributed by atoms with Gasteiger partial charge >= 0.3 is 12.1 Å². The second-order valence-electron chi connectivity index (χ2n) is 4.34. The quantitative estimate of drug-likeness (QED) is 0.686. The first kappa shape index (κ1) is 15.5. The maximum absolute atomic E-state index is 13.0. The van der Waals surface area contributed by atoms with Crippen LogP contribution in [0.15, 0.2) is 42.5 Å². The van der Waals surface area contributed by atoms with Gasteiger partial charge in [0, 0.05) is 6.07 Å². The summed E-state index contributed by atoms with van der Waals surface area (Å²) in [5.74, 6) is -1.53. The lowest BCUT2D eigenvalue weighted by Gasteiger charge is -2.13. The van der Waals surface area contributed by atoms with Crippen LogP contribution < -0.4 is 0 Å². The minimum absolute atomic E-state index is 0.0791. The molecule has 0 aromatic heterocycles. The Kier molecular flexibility index (Phi) is 3.85. The number of nitrogens with zero attached hydrogens (tertiary/aromatic N) is 1.